The average Bonchev–Trinajstić information content (AvgIpc) is 2.08. The van der Waals surface area contributed by atoms with Gasteiger partial charge in [-0.05, 0) is 43.5 Å². The summed E-state index contributed by atoms with van der Waals surface area (Å²) >= 11 is 6.00. The molecule has 1 unspecified atom stereocenters. The van der Waals surface area contributed by atoms with E-state index in [4.69, 9.17) is 16.3 Å². The molecule has 2 heteroatoms. The molecule has 0 aliphatic carbocycles. The zero-order valence-electron chi connectivity index (χ0n) is 8.01. The highest BCUT2D eigenvalue weighted by molar-refractivity contribution is 6.31. The van der Waals surface area contributed by atoms with Crippen LogP contribution in [0, 0.1) is 6.92 Å². The summed E-state index contributed by atoms with van der Waals surface area (Å²) in [5.41, 5.74) is 1.03. The Labute approximate surface area is 84.7 Å². The molecule has 1 aromatic carbocycles. The van der Waals surface area contributed by atoms with Crippen molar-refractivity contribution in [3.8, 4) is 5.75 Å². The van der Waals surface area contributed by atoms with Crippen LogP contribution in [0.25, 0.3) is 0 Å². The fourth-order valence-corrected chi connectivity index (χ4v) is 1.46. The van der Waals surface area contributed by atoms with Gasteiger partial charge < -0.3 is 4.74 Å². The molecule has 1 atom stereocenters. The maximum Gasteiger partial charge on any atom is 0.119 e. The lowest BCUT2D eigenvalue weighted by Gasteiger charge is -2.10. The summed E-state index contributed by atoms with van der Waals surface area (Å²) in [4.78, 5) is 0. The van der Waals surface area contributed by atoms with Crippen molar-refractivity contribution in [3.05, 3.63) is 35.7 Å². The number of benzene rings is 1. The third kappa shape index (κ3) is 2.63. The third-order valence-corrected chi connectivity index (χ3v) is 2.15. The van der Waals surface area contributed by atoms with Crippen LogP contribution in [0.1, 0.15) is 25.3 Å². The number of hydrogen-bond donors (Lipinski definition) is 0. The van der Waals surface area contributed by atoms with Gasteiger partial charge in [-0.25, -0.2) is 0 Å². The Kier molecular flexibility index (Phi) is 3.61. The van der Waals surface area contributed by atoms with Crippen molar-refractivity contribution < 1.29 is 4.74 Å². The summed E-state index contributed by atoms with van der Waals surface area (Å²) < 4.78 is 5.37. The van der Waals surface area contributed by atoms with Crippen molar-refractivity contribution in [2.75, 3.05) is 6.61 Å². The number of hydrogen-bond acceptors (Lipinski definition) is 1. The van der Waals surface area contributed by atoms with E-state index in [0.29, 0.717) is 6.61 Å². The summed E-state index contributed by atoms with van der Waals surface area (Å²) in [5, 5.41) is 0.756. The van der Waals surface area contributed by atoms with Crippen LogP contribution in [0.5, 0.6) is 5.75 Å². The number of ether oxygens (including phenoxy) is 1. The number of rotatable bonds is 3. The molecule has 1 radical (unpaired) electrons. The first kappa shape index (κ1) is 10.4. The van der Waals surface area contributed by atoms with E-state index in [1.165, 1.54) is 0 Å². The minimum atomic E-state index is 0.188. The van der Waals surface area contributed by atoms with E-state index in [0.717, 1.165) is 16.3 Å². The molecular weight excluding hydrogens is 184 g/mol. The van der Waals surface area contributed by atoms with Crippen LogP contribution in [0.3, 0.4) is 0 Å². The minimum absolute atomic E-state index is 0.188. The van der Waals surface area contributed by atoms with Gasteiger partial charge in [-0.2, -0.15) is 0 Å². The van der Waals surface area contributed by atoms with Gasteiger partial charge in [0.2, 0.25) is 0 Å². The lowest BCUT2D eigenvalue weighted by atomic mass is 10.0. The molecule has 13 heavy (non-hydrogen) atoms. The fourth-order valence-electron chi connectivity index (χ4n) is 1.16. The Balaban J connectivity index is 2.97. The summed E-state index contributed by atoms with van der Waals surface area (Å²) in [6.45, 7) is 8.58. The van der Waals surface area contributed by atoms with Gasteiger partial charge in [-0.1, -0.05) is 18.5 Å². The maximum absolute atomic E-state index is 6.00. The molecule has 1 aromatic rings. The first-order chi connectivity index (χ1) is 6.15. The third-order valence-electron chi connectivity index (χ3n) is 1.81. The van der Waals surface area contributed by atoms with Crippen LogP contribution in [0.2, 0.25) is 5.02 Å². The Morgan fingerprint density at radius 1 is 1.54 bits per heavy atom. The predicted octanol–water partition coefficient (Wildman–Crippen LogP) is 3.68. The lowest BCUT2D eigenvalue weighted by molar-refractivity contribution is 0.340. The van der Waals surface area contributed by atoms with E-state index in [1.807, 2.05) is 32.0 Å². The van der Waals surface area contributed by atoms with Crippen LogP contribution in [0.15, 0.2) is 18.2 Å². The van der Waals surface area contributed by atoms with Crippen LogP contribution < -0.4 is 4.74 Å². The highest BCUT2D eigenvalue weighted by Gasteiger charge is 2.06. The summed E-state index contributed by atoms with van der Waals surface area (Å²) in [6, 6.07) is 5.67. The van der Waals surface area contributed by atoms with Gasteiger partial charge in [0.25, 0.3) is 0 Å². The van der Waals surface area contributed by atoms with Gasteiger partial charge in [0.1, 0.15) is 5.75 Å². The van der Waals surface area contributed by atoms with Gasteiger partial charge in [-0.3, -0.25) is 0 Å². The van der Waals surface area contributed by atoms with Crippen molar-refractivity contribution in [2.24, 2.45) is 0 Å². The normalized spacial score (nSPS) is 10.5. The van der Waals surface area contributed by atoms with E-state index in [-0.39, 0.29) is 5.92 Å². The van der Waals surface area contributed by atoms with Crippen LogP contribution in [0.4, 0.5) is 0 Å². The van der Waals surface area contributed by atoms with E-state index < -0.39 is 0 Å². The molecule has 0 aromatic heterocycles. The average molecular weight is 198 g/mol. The van der Waals surface area contributed by atoms with Crippen molar-refractivity contribution in [2.45, 2.75) is 19.8 Å². The van der Waals surface area contributed by atoms with Gasteiger partial charge in [0.15, 0.2) is 0 Å². The molecule has 0 amide bonds. The predicted molar refractivity (Wildman–Crippen MR) is 56.4 cm³/mol. The van der Waals surface area contributed by atoms with Crippen molar-refractivity contribution in [3.63, 3.8) is 0 Å². The molecule has 0 bridgehead atoms. The van der Waals surface area contributed by atoms with E-state index in [9.17, 15) is 0 Å². The minimum Gasteiger partial charge on any atom is -0.494 e. The Morgan fingerprint density at radius 2 is 2.23 bits per heavy atom. The van der Waals surface area contributed by atoms with Crippen molar-refractivity contribution >= 4 is 11.6 Å². The van der Waals surface area contributed by atoms with Crippen molar-refractivity contribution in [1.82, 2.24) is 0 Å². The van der Waals surface area contributed by atoms with Crippen LogP contribution >= 0.6 is 11.6 Å². The van der Waals surface area contributed by atoms with Gasteiger partial charge in [-0.15, -0.1) is 0 Å². The smallest absolute Gasteiger partial charge is 0.119 e. The van der Waals surface area contributed by atoms with E-state index in [2.05, 4.69) is 6.92 Å². The van der Waals surface area contributed by atoms with Crippen LogP contribution in [-0.2, 0) is 0 Å². The molecule has 0 saturated carbocycles. The van der Waals surface area contributed by atoms with Gasteiger partial charge in [0, 0.05) is 5.02 Å². The molecule has 0 spiro atoms. The molecule has 0 aliphatic heterocycles. The van der Waals surface area contributed by atoms with E-state index in [1.54, 1.807) is 0 Å². The van der Waals surface area contributed by atoms with E-state index >= 15 is 0 Å². The molecule has 0 fully saturated rings. The summed E-state index contributed by atoms with van der Waals surface area (Å²) in [5.74, 6) is 1.05. The SMILES string of the molecule is [CH2]C(C)c1cc(OCC)ccc1Cl. The second-order valence-electron chi connectivity index (χ2n) is 3.02. The molecule has 1 rings (SSSR count). The standard InChI is InChI=1S/C11H14ClO/c1-4-13-9-5-6-11(12)10(7-9)8(2)3/h5-8H,2,4H2,1,3H3. The van der Waals surface area contributed by atoms with Crippen LogP contribution in [-0.4, -0.2) is 6.61 Å². The molecular formula is C11H14ClO. The zero-order valence-corrected chi connectivity index (χ0v) is 8.77. The first-order valence-electron chi connectivity index (χ1n) is 4.40. The highest BCUT2D eigenvalue weighted by Crippen LogP contribution is 2.27. The molecule has 1 nitrogen and oxygen atoms in total. The van der Waals surface area contributed by atoms with Gasteiger partial charge >= 0.3 is 0 Å². The molecule has 0 saturated heterocycles. The largest absolute Gasteiger partial charge is 0.494 e. The quantitative estimate of drug-likeness (QED) is 0.719. The molecule has 0 N–H and O–H groups in total. The highest BCUT2D eigenvalue weighted by atomic mass is 35.5. The summed E-state index contributed by atoms with van der Waals surface area (Å²) in [7, 11) is 0. The fraction of sp³-hybridized carbons (Fsp3) is 0.364. The Hall–Kier alpha value is -0.690. The first-order valence-corrected chi connectivity index (χ1v) is 4.78. The molecule has 0 aliphatic rings. The maximum atomic E-state index is 6.00. The van der Waals surface area contributed by atoms with Crippen molar-refractivity contribution in [1.29, 1.82) is 0 Å². The lowest BCUT2D eigenvalue weighted by Crippen LogP contribution is -1.94. The second-order valence-corrected chi connectivity index (χ2v) is 3.42. The second kappa shape index (κ2) is 4.52. The summed E-state index contributed by atoms with van der Waals surface area (Å²) in [6.07, 6.45) is 0. The molecule has 0 heterocycles. The molecule has 71 valence electrons. The topological polar surface area (TPSA) is 9.23 Å². The van der Waals surface area contributed by atoms with Gasteiger partial charge in [0.05, 0.1) is 6.61 Å². The zero-order chi connectivity index (χ0) is 9.84. The Bertz CT molecular complexity index is 281. The number of halogens is 1. The monoisotopic (exact) mass is 197 g/mol. The Morgan fingerprint density at radius 3 is 2.77 bits per heavy atom.